The normalized spacial score (nSPS) is 10.1. The van der Waals surface area contributed by atoms with E-state index in [2.05, 4.69) is 12.1 Å². The maximum Gasteiger partial charge on any atom is 0.261 e. The molecule has 0 saturated heterocycles. The highest BCUT2D eigenvalue weighted by molar-refractivity contribution is 7.19. The maximum atomic E-state index is 11.4. The molecule has 1 heterocycles. The van der Waals surface area contributed by atoms with E-state index in [1.165, 1.54) is 5.56 Å². The Balaban J connectivity index is 2.35. The molecule has 0 aliphatic heterocycles. The van der Waals surface area contributed by atoms with Gasteiger partial charge in [-0.25, -0.2) is 0 Å². The Morgan fingerprint density at radius 2 is 2.19 bits per heavy atom. The number of anilines is 2. The van der Waals surface area contributed by atoms with Gasteiger partial charge < -0.3 is 16.4 Å². The van der Waals surface area contributed by atoms with Gasteiger partial charge in [-0.1, -0.05) is 29.8 Å². The van der Waals surface area contributed by atoms with Gasteiger partial charge in [0.1, 0.15) is 21.5 Å². The van der Waals surface area contributed by atoms with E-state index in [9.17, 15) is 10.1 Å². The molecule has 5 nitrogen and oxygen atoms in total. The number of aryl methyl sites for hydroxylation is 1. The van der Waals surface area contributed by atoms with Gasteiger partial charge in [0.05, 0.1) is 5.69 Å². The predicted octanol–water partition coefficient (Wildman–Crippen LogP) is 2.25. The molecule has 108 valence electrons. The summed E-state index contributed by atoms with van der Waals surface area (Å²) < 4.78 is 0. The standard InChI is InChI=1S/C15H16N4OS/c1-9-4-3-5-10(6-9)8-19(2)15-11(7-16)12(17)13(21-15)14(18)20/h3-6H,8,17H2,1-2H3,(H2,18,20). The highest BCUT2D eigenvalue weighted by Crippen LogP contribution is 2.37. The average molecular weight is 300 g/mol. The predicted molar refractivity (Wildman–Crippen MR) is 85.3 cm³/mol. The number of nitriles is 1. The highest BCUT2D eigenvalue weighted by atomic mass is 32.1. The van der Waals surface area contributed by atoms with E-state index >= 15 is 0 Å². The number of rotatable bonds is 4. The fraction of sp³-hybridized carbons (Fsp3) is 0.200. The van der Waals surface area contributed by atoms with E-state index < -0.39 is 5.91 Å². The molecule has 0 aliphatic rings. The zero-order valence-electron chi connectivity index (χ0n) is 11.9. The van der Waals surface area contributed by atoms with Gasteiger partial charge in [0.15, 0.2) is 0 Å². The van der Waals surface area contributed by atoms with Gasteiger partial charge in [0.2, 0.25) is 0 Å². The van der Waals surface area contributed by atoms with Crippen molar-refractivity contribution in [1.29, 1.82) is 5.26 Å². The third-order valence-corrected chi connectivity index (χ3v) is 4.45. The quantitative estimate of drug-likeness (QED) is 0.905. The zero-order chi connectivity index (χ0) is 15.6. The molecule has 1 amide bonds. The third kappa shape index (κ3) is 2.98. The zero-order valence-corrected chi connectivity index (χ0v) is 12.7. The van der Waals surface area contributed by atoms with Gasteiger partial charge >= 0.3 is 0 Å². The molecular formula is C15H16N4OS. The first-order valence-corrected chi connectivity index (χ1v) is 7.14. The summed E-state index contributed by atoms with van der Waals surface area (Å²) >= 11 is 1.15. The molecule has 1 aromatic heterocycles. The van der Waals surface area contributed by atoms with Crippen LogP contribution in [0.25, 0.3) is 0 Å². The van der Waals surface area contributed by atoms with E-state index in [0.717, 1.165) is 16.9 Å². The first-order valence-electron chi connectivity index (χ1n) is 6.33. The molecule has 21 heavy (non-hydrogen) atoms. The number of hydrogen-bond acceptors (Lipinski definition) is 5. The van der Waals surface area contributed by atoms with Crippen LogP contribution < -0.4 is 16.4 Å². The van der Waals surface area contributed by atoms with Gasteiger partial charge in [-0.3, -0.25) is 4.79 Å². The molecule has 2 aromatic rings. The Morgan fingerprint density at radius 1 is 1.48 bits per heavy atom. The average Bonchev–Trinajstić information content (AvgIpc) is 2.75. The van der Waals surface area contributed by atoms with E-state index in [4.69, 9.17) is 11.5 Å². The van der Waals surface area contributed by atoms with Crippen LogP contribution in [0.5, 0.6) is 0 Å². The van der Waals surface area contributed by atoms with Crippen molar-refractivity contribution in [2.75, 3.05) is 17.7 Å². The summed E-state index contributed by atoms with van der Waals surface area (Å²) in [6.07, 6.45) is 0. The SMILES string of the molecule is Cc1cccc(CN(C)c2sc(C(N)=O)c(N)c2C#N)c1. The van der Waals surface area contributed by atoms with Crippen molar-refractivity contribution in [2.24, 2.45) is 5.73 Å². The van der Waals surface area contributed by atoms with E-state index in [-0.39, 0.29) is 10.6 Å². The molecule has 0 unspecified atom stereocenters. The van der Waals surface area contributed by atoms with Crippen molar-refractivity contribution in [1.82, 2.24) is 0 Å². The fourth-order valence-electron chi connectivity index (χ4n) is 2.15. The van der Waals surface area contributed by atoms with Crippen LogP contribution in [0.4, 0.5) is 10.7 Å². The van der Waals surface area contributed by atoms with Crippen LogP contribution in [0, 0.1) is 18.3 Å². The van der Waals surface area contributed by atoms with Crippen molar-refractivity contribution in [3.05, 3.63) is 45.8 Å². The summed E-state index contributed by atoms with van der Waals surface area (Å²) in [5.41, 5.74) is 13.9. The Kier molecular flexibility index (Phi) is 4.15. The summed E-state index contributed by atoms with van der Waals surface area (Å²) in [4.78, 5) is 13.5. The minimum Gasteiger partial charge on any atom is -0.396 e. The number of benzene rings is 1. The van der Waals surface area contributed by atoms with E-state index in [0.29, 0.717) is 17.1 Å². The number of carbonyl (C=O) groups is 1. The van der Waals surface area contributed by atoms with E-state index in [1.807, 2.05) is 37.1 Å². The molecule has 0 saturated carbocycles. The van der Waals surface area contributed by atoms with Crippen LogP contribution in [0.3, 0.4) is 0 Å². The lowest BCUT2D eigenvalue weighted by Crippen LogP contribution is -2.16. The van der Waals surface area contributed by atoms with Crippen LogP contribution in [-0.2, 0) is 6.54 Å². The van der Waals surface area contributed by atoms with Gasteiger partial charge in [-0.05, 0) is 12.5 Å². The number of primary amides is 1. The summed E-state index contributed by atoms with van der Waals surface area (Å²) in [5.74, 6) is -0.607. The Labute approximate surface area is 127 Å². The molecule has 0 atom stereocenters. The molecule has 1 aromatic carbocycles. The van der Waals surface area contributed by atoms with Crippen LogP contribution in [-0.4, -0.2) is 13.0 Å². The minimum atomic E-state index is -0.607. The van der Waals surface area contributed by atoms with Gasteiger partial charge in [0.25, 0.3) is 5.91 Å². The number of carbonyl (C=O) groups excluding carboxylic acids is 1. The number of amides is 1. The van der Waals surface area contributed by atoms with Gasteiger partial charge in [-0.15, -0.1) is 11.3 Å². The highest BCUT2D eigenvalue weighted by Gasteiger charge is 2.21. The monoisotopic (exact) mass is 300 g/mol. The third-order valence-electron chi connectivity index (χ3n) is 3.11. The van der Waals surface area contributed by atoms with E-state index in [1.54, 1.807) is 0 Å². The lowest BCUT2D eigenvalue weighted by molar-refractivity contribution is 0.100. The van der Waals surface area contributed by atoms with Gasteiger partial charge in [0, 0.05) is 13.6 Å². The topological polar surface area (TPSA) is 96.1 Å². The first kappa shape index (κ1) is 14.9. The molecular weight excluding hydrogens is 284 g/mol. The van der Waals surface area contributed by atoms with Crippen molar-refractivity contribution in [3.8, 4) is 6.07 Å². The molecule has 0 spiro atoms. The van der Waals surface area contributed by atoms with Crippen molar-refractivity contribution in [2.45, 2.75) is 13.5 Å². The second-order valence-electron chi connectivity index (χ2n) is 4.85. The molecule has 0 fully saturated rings. The second kappa shape index (κ2) is 5.85. The summed E-state index contributed by atoms with van der Waals surface area (Å²) in [6, 6.07) is 10.2. The number of hydrogen-bond donors (Lipinski definition) is 2. The smallest absolute Gasteiger partial charge is 0.261 e. The second-order valence-corrected chi connectivity index (χ2v) is 5.85. The summed E-state index contributed by atoms with van der Waals surface area (Å²) in [7, 11) is 1.86. The largest absolute Gasteiger partial charge is 0.396 e. The number of nitrogen functional groups attached to an aromatic ring is 1. The maximum absolute atomic E-state index is 11.4. The minimum absolute atomic E-state index is 0.168. The molecule has 4 N–H and O–H groups in total. The molecule has 6 heteroatoms. The van der Waals surface area contributed by atoms with Crippen molar-refractivity contribution in [3.63, 3.8) is 0 Å². The molecule has 0 bridgehead atoms. The van der Waals surface area contributed by atoms with Crippen LogP contribution >= 0.6 is 11.3 Å². The Hall–Kier alpha value is -2.52. The van der Waals surface area contributed by atoms with Crippen LogP contribution in [0.2, 0.25) is 0 Å². The number of nitrogens with two attached hydrogens (primary N) is 2. The van der Waals surface area contributed by atoms with Crippen LogP contribution in [0.1, 0.15) is 26.4 Å². The Morgan fingerprint density at radius 3 is 2.76 bits per heavy atom. The van der Waals surface area contributed by atoms with Crippen molar-refractivity contribution < 1.29 is 4.79 Å². The Bertz CT molecular complexity index is 730. The fourth-order valence-corrected chi connectivity index (χ4v) is 3.13. The lowest BCUT2D eigenvalue weighted by Gasteiger charge is -2.18. The van der Waals surface area contributed by atoms with Crippen molar-refractivity contribution >= 4 is 27.9 Å². The number of nitrogens with zero attached hydrogens (tertiary/aromatic N) is 2. The summed E-state index contributed by atoms with van der Waals surface area (Å²) in [6.45, 7) is 2.65. The summed E-state index contributed by atoms with van der Waals surface area (Å²) in [5, 5.41) is 9.91. The van der Waals surface area contributed by atoms with Gasteiger partial charge in [-0.2, -0.15) is 5.26 Å². The van der Waals surface area contributed by atoms with Crippen LogP contribution in [0.15, 0.2) is 24.3 Å². The molecule has 0 radical (unpaired) electrons. The number of thiophene rings is 1. The molecule has 2 rings (SSSR count). The lowest BCUT2D eigenvalue weighted by atomic mass is 10.1. The first-order chi connectivity index (χ1) is 9.93. The molecule has 0 aliphatic carbocycles.